The molecule has 0 bridgehead atoms. The molecule has 0 radical (unpaired) electrons. The summed E-state index contributed by atoms with van der Waals surface area (Å²) in [5, 5.41) is 4.45. The highest BCUT2D eigenvalue weighted by Gasteiger charge is 2.12. The van der Waals surface area contributed by atoms with E-state index in [0.717, 1.165) is 33.6 Å². The number of aryl methyl sites for hydroxylation is 2. The monoisotopic (exact) mass is 337 g/mol. The van der Waals surface area contributed by atoms with Crippen molar-refractivity contribution in [1.82, 2.24) is 9.78 Å². The van der Waals surface area contributed by atoms with E-state index in [2.05, 4.69) is 28.0 Å². The summed E-state index contributed by atoms with van der Waals surface area (Å²) in [6.45, 7) is 4.54. The number of hydrogen-bond donors (Lipinski definition) is 1. The molecular weight excluding hydrogens is 318 g/mol. The van der Waals surface area contributed by atoms with Crippen LogP contribution in [-0.4, -0.2) is 9.78 Å². The van der Waals surface area contributed by atoms with Crippen LogP contribution in [0.1, 0.15) is 36.8 Å². The van der Waals surface area contributed by atoms with Crippen LogP contribution in [0, 0.1) is 0 Å². The van der Waals surface area contributed by atoms with Crippen molar-refractivity contribution in [2.75, 3.05) is 0 Å². The van der Waals surface area contributed by atoms with Crippen LogP contribution in [0.3, 0.4) is 0 Å². The van der Waals surface area contributed by atoms with Crippen LogP contribution in [0.2, 0.25) is 0 Å². The number of rotatable bonds is 5. The smallest absolute Gasteiger partial charge is 0.131 e. The molecule has 0 saturated carbocycles. The molecule has 1 heterocycles. The molecule has 2 aromatic rings. The molecule has 0 amide bonds. The third-order valence-electron chi connectivity index (χ3n) is 3.28. The van der Waals surface area contributed by atoms with Gasteiger partial charge in [-0.1, -0.05) is 19.1 Å². The first-order chi connectivity index (χ1) is 9.52. The van der Waals surface area contributed by atoms with E-state index in [1.807, 2.05) is 42.9 Å². The van der Waals surface area contributed by atoms with E-state index in [-0.39, 0.29) is 6.04 Å². The van der Waals surface area contributed by atoms with Crippen molar-refractivity contribution < 1.29 is 4.74 Å². The van der Waals surface area contributed by atoms with Crippen LogP contribution in [0.15, 0.2) is 28.7 Å². The molecule has 0 aliphatic heterocycles. The minimum atomic E-state index is 0.0439. The summed E-state index contributed by atoms with van der Waals surface area (Å²) >= 11 is 3.59. The quantitative estimate of drug-likeness (QED) is 0.910. The largest absolute Gasteiger partial charge is 0.487 e. The third kappa shape index (κ3) is 3.22. The minimum absolute atomic E-state index is 0.0439. The van der Waals surface area contributed by atoms with E-state index >= 15 is 0 Å². The maximum absolute atomic E-state index is 5.83. The predicted molar refractivity (Wildman–Crippen MR) is 83.7 cm³/mol. The van der Waals surface area contributed by atoms with Gasteiger partial charge in [-0.05, 0) is 47.0 Å². The summed E-state index contributed by atoms with van der Waals surface area (Å²) in [6, 6.07) is 7.93. The highest BCUT2D eigenvalue weighted by Crippen LogP contribution is 2.23. The number of nitrogens with zero attached hydrogens (tertiary/aromatic N) is 2. The molecule has 1 aromatic carbocycles. The Morgan fingerprint density at radius 2 is 2.00 bits per heavy atom. The van der Waals surface area contributed by atoms with Crippen LogP contribution in [0.25, 0.3) is 0 Å². The van der Waals surface area contributed by atoms with Crippen molar-refractivity contribution in [3.05, 3.63) is 45.7 Å². The first-order valence-corrected chi connectivity index (χ1v) is 7.50. The number of halogens is 1. The van der Waals surface area contributed by atoms with Gasteiger partial charge in [-0.2, -0.15) is 5.10 Å². The molecule has 0 spiro atoms. The van der Waals surface area contributed by atoms with Crippen LogP contribution in [0.4, 0.5) is 0 Å². The number of aromatic nitrogens is 2. The molecule has 0 unspecified atom stereocenters. The number of benzene rings is 1. The van der Waals surface area contributed by atoms with Gasteiger partial charge in [0, 0.05) is 13.1 Å². The second-order valence-corrected chi connectivity index (χ2v) is 5.62. The summed E-state index contributed by atoms with van der Waals surface area (Å²) < 4.78 is 8.71. The molecule has 0 saturated heterocycles. The van der Waals surface area contributed by atoms with Crippen molar-refractivity contribution in [3.63, 3.8) is 0 Å². The van der Waals surface area contributed by atoms with Crippen molar-refractivity contribution >= 4 is 15.9 Å². The number of hydrogen-bond acceptors (Lipinski definition) is 3. The molecule has 0 aliphatic carbocycles. The summed E-state index contributed by atoms with van der Waals surface area (Å²) in [6.07, 6.45) is 0.900. The zero-order valence-corrected chi connectivity index (χ0v) is 13.6. The molecule has 0 aliphatic rings. The molecule has 5 heteroatoms. The summed E-state index contributed by atoms with van der Waals surface area (Å²) in [5.41, 5.74) is 9.03. The van der Waals surface area contributed by atoms with Gasteiger partial charge in [0.2, 0.25) is 0 Å². The predicted octanol–water partition coefficient (Wildman–Crippen LogP) is 3.34. The van der Waals surface area contributed by atoms with Gasteiger partial charge in [0.25, 0.3) is 0 Å². The Balaban J connectivity index is 2.07. The summed E-state index contributed by atoms with van der Waals surface area (Å²) in [4.78, 5) is 0. The van der Waals surface area contributed by atoms with Crippen LogP contribution < -0.4 is 10.5 Å². The average Bonchev–Trinajstić information content (AvgIpc) is 2.71. The zero-order valence-electron chi connectivity index (χ0n) is 12.1. The van der Waals surface area contributed by atoms with Crippen molar-refractivity contribution in [1.29, 1.82) is 0 Å². The van der Waals surface area contributed by atoms with Gasteiger partial charge in [0.1, 0.15) is 12.4 Å². The summed E-state index contributed by atoms with van der Waals surface area (Å²) in [5.74, 6) is 0.834. The first kappa shape index (κ1) is 15.1. The van der Waals surface area contributed by atoms with Gasteiger partial charge in [-0.25, -0.2) is 0 Å². The summed E-state index contributed by atoms with van der Waals surface area (Å²) in [7, 11) is 1.93. The Labute approximate surface area is 128 Å². The molecule has 2 N–H and O–H groups in total. The van der Waals surface area contributed by atoms with Crippen molar-refractivity contribution in [3.8, 4) is 5.75 Å². The van der Waals surface area contributed by atoms with Gasteiger partial charge in [-0.3, -0.25) is 4.68 Å². The second kappa shape index (κ2) is 6.41. The first-order valence-electron chi connectivity index (χ1n) is 6.71. The molecule has 1 atom stereocenters. The fourth-order valence-electron chi connectivity index (χ4n) is 2.00. The maximum atomic E-state index is 5.83. The van der Waals surface area contributed by atoms with E-state index in [4.69, 9.17) is 10.5 Å². The fourth-order valence-corrected chi connectivity index (χ4v) is 2.73. The van der Waals surface area contributed by atoms with E-state index < -0.39 is 0 Å². The van der Waals surface area contributed by atoms with E-state index in [1.165, 1.54) is 0 Å². The number of ether oxygens (including phenoxy) is 1. The molecule has 0 fully saturated rings. The SMILES string of the molecule is CCc1nn(C)c(COc2ccc([C@H](C)N)cc2)c1Br. The topological polar surface area (TPSA) is 53.1 Å². The lowest BCUT2D eigenvalue weighted by Gasteiger charge is -2.09. The second-order valence-electron chi connectivity index (χ2n) is 4.83. The van der Waals surface area contributed by atoms with E-state index in [1.54, 1.807) is 0 Å². The normalized spacial score (nSPS) is 12.4. The van der Waals surface area contributed by atoms with E-state index in [0.29, 0.717) is 6.61 Å². The average molecular weight is 338 g/mol. The molecular formula is C15H20BrN3O. The zero-order chi connectivity index (χ0) is 14.7. The Kier molecular flexibility index (Phi) is 4.83. The third-order valence-corrected chi connectivity index (χ3v) is 4.20. The van der Waals surface area contributed by atoms with Gasteiger partial charge >= 0.3 is 0 Å². The van der Waals surface area contributed by atoms with Crippen LogP contribution >= 0.6 is 15.9 Å². The minimum Gasteiger partial charge on any atom is -0.487 e. The maximum Gasteiger partial charge on any atom is 0.131 e. The van der Waals surface area contributed by atoms with Gasteiger partial charge in [-0.15, -0.1) is 0 Å². The van der Waals surface area contributed by atoms with Gasteiger partial charge in [0.15, 0.2) is 0 Å². The number of nitrogens with two attached hydrogens (primary N) is 1. The molecule has 4 nitrogen and oxygen atoms in total. The van der Waals surface area contributed by atoms with Crippen molar-refractivity contribution in [2.45, 2.75) is 32.9 Å². The molecule has 20 heavy (non-hydrogen) atoms. The molecule has 2 rings (SSSR count). The molecule has 1 aromatic heterocycles. The Bertz CT molecular complexity index is 576. The van der Waals surface area contributed by atoms with Crippen LogP contribution in [-0.2, 0) is 20.1 Å². The lowest BCUT2D eigenvalue weighted by molar-refractivity contribution is 0.294. The Morgan fingerprint density at radius 1 is 1.35 bits per heavy atom. The van der Waals surface area contributed by atoms with Crippen LogP contribution in [0.5, 0.6) is 5.75 Å². The Hall–Kier alpha value is -1.33. The van der Waals surface area contributed by atoms with Crippen molar-refractivity contribution in [2.24, 2.45) is 12.8 Å². The highest BCUT2D eigenvalue weighted by atomic mass is 79.9. The lowest BCUT2D eigenvalue weighted by atomic mass is 10.1. The highest BCUT2D eigenvalue weighted by molar-refractivity contribution is 9.10. The lowest BCUT2D eigenvalue weighted by Crippen LogP contribution is -2.05. The Morgan fingerprint density at radius 3 is 2.50 bits per heavy atom. The standard InChI is InChI=1S/C15H20BrN3O/c1-4-13-15(16)14(19(3)18-13)9-20-12-7-5-11(6-8-12)10(2)17/h5-8,10H,4,9,17H2,1-3H3/t10-/m0/s1. The van der Waals surface area contributed by atoms with Gasteiger partial charge in [0.05, 0.1) is 15.9 Å². The van der Waals surface area contributed by atoms with Gasteiger partial charge < -0.3 is 10.5 Å². The van der Waals surface area contributed by atoms with E-state index in [9.17, 15) is 0 Å². The molecule has 108 valence electrons. The fraction of sp³-hybridized carbons (Fsp3) is 0.400.